The van der Waals surface area contributed by atoms with Gasteiger partial charge >= 0.3 is 6.03 Å². The first-order valence-electron chi connectivity index (χ1n) is 8.43. The lowest BCUT2D eigenvalue weighted by Crippen LogP contribution is -2.51. The second-order valence-corrected chi connectivity index (χ2v) is 6.71. The van der Waals surface area contributed by atoms with Gasteiger partial charge < -0.3 is 10.2 Å². The Kier molecular flexibility index (Phi) is 3.56. The van der Waals surface area contributed by atoms with E-state index in [1.807, 2.05) is 29.2 Å². The zero-order valence-corrected chi connectivity index (χ0v) is 13.2. The first kappa shape index (κ1) is 14.3. The molecule has 2 aromatic carbocycles. The van der Waals surface area contributed by atoms with Crippen LogP contribution in [0.3, 0.4) is 0 Å². The lowest BCUT2D eigenvalue weighted by molar-refractivity contribution is 0.115. The Morgan fingerprint density at radius 3 is 2.26 bits per heavy atom. The van der Waals surface area contributed by atoms with Crippen molar-refractivity contribution in [1.29, 1.82) is 0 Å². The monoisotopic (exact) mass is 306 g/mol. The minimum Gasteiger partial charge on any atom is -0.337 e. The molecule has 3 heteroatoms. The van der Waals surface area contributed by atoms with E-state index in [4.69, 9.17) is 0 Å². The van der Waals surface area contributed by atoms with Crippen molar-refractivity contribution in [3.05, 3.63) is 71.8 Å². The molecule has 1 saturated carbocycles. The predicted molar refractivity (Wildman–Crippen MR) is 91.3 cm³/mol. The Labute approximate surface area is 137 Å². The minimum absolute atomic E-state index is 0.0762. The Morgan fingerprint density at radius 1 is 1.04 bits per heavy atom. The van der Waals surface area contributed by atoms with Crippen molar-refractivity contribution in [2.45, 2.75) is 30.7 Å². The van der Waals surface area contributed by atoms with E-state index in [1.54, 1.807) is 0 Å². The minimum atomic E-state index is 0.0762. The topological polar surface area (TPSA) is 32.3 Å². The number of nitrogens with one attached hydrogen (secondary N) is 1. The van der Waals surface area contributed by atoms with Crippen LogP contribution >= 0.6 is 0 Å². The third-order valence-corrected chi connectivity index (χ3v) is 5.28. The normalized spacial score (nSPS) is 21.4. The molecule has 1 atom stereocenters. The summed E-state index contributed by atoms with van der Waals surface area (Å²) in [5, 5.41) is 3.17. The third kappa shape index (κ3) is 2.72. The maximum atomic E-state index is 12.5. The fourth-order valence-electron chi connectivity index (χ4n) is 3.51. The zero-order valence-electron chi connectivity index (χ0n) is 13.2. The fourth-order valence-corrected chi connectivity index (χ4v) is 3.51. The van der Waals surface area contributed by atoms with Crippen molar-refractivity contribution >= 4 is 6.03 Å². The maximum Gasteiger partial charge on any atom is 0.317 e. The van der Waals surface area contributed by atoms with E-state index < -0.39 is 0 Å². The SMILES string of the molecule is O=C(NCC1(c2ccccc2)CC1)N1CC[C@@H]1c1ccccc1. The number of hydrogen-bond acceptors (Lipinski definition) is 1. The first-order valence-corrected chi connectivity index (χ1v) is 8.43. The van der Waals surface area contributed by atoms with Gasteiger partial charge in [0.15, 0.2) is 0 Å². The van der Waals surface area contributed by atoms with Gasteiger partial charge in [0.05, 0.1) is 6.04 Å². The molecule has 1 heterocycles. The number of rotatable bonds is 4. The number of carbonyl (C=O) groups excluding carboxylic acids is 1. The van der Waals surface area contributed by atoms with Crippen LogP contribution in [0.2, 0.25) is 0 Å². The summed E-state index contributed by atoms with van der Waals surface area (Å²) in [5.74, 6) is 0. The van der Waals surface area contributed by atoms with Gasteiger partial charge in [0.1, 0.15) is 0 Å². The van der Waals surface area contributed by atoms with Crippen LogP contribution in [0.5, 0.6) is 0 Å². The van der Waals surface area contributed by atoms with Crippen molar-refractivity contribution in [2.75, 3.05) is 13.1 Å². The molecular formula is C20H22N2O. The highest BCUT2D eigenvalue weighted by molar-refractivity contribution is 5.76. The van der Waals surface area contributed by atoms with Crippen LogP contribution in [0.1, 0.15) is 36.4 Å². The molecule has 2 aromatic rings. The average Bonchev–Trinajstić information content (AvgIpc) is 3.35. The lowest BCUT2D eigenvalue weighted by atomic mass is 9.94. The number of carbonyl (C=O) groups is 1. The summed E-state index contributed by atoms with van der Waals surface area (Å²) in [6.07, 6.45) is 3.39. The number of nitrogens with zero attached hydrogens (tertiary/aromatic N) is 1. The summed E-state index contributed by atoms with van der Waals surface area (Å²) in [7, 11) is 0. The van der Waals surface area contributed by atoms with Gasteiger partial charge in [0.25, 0.3) is 0 Å². The molecule has 0 unspecified atom stereocenters. The van der Waals surface area contributed by atoms with Crippen molar-refractivity contribution in [1.82, 2.24) is 10.2 Å². The van der Waals surface area contributed by atoms with Crippen molar-refractivity contribution in [2.24, 2.45) is 0 Å². The molecule has 1 N–H and O–H groups in total. The van der Waals surface area contributed by atoms with Crippen LogP contribution in [0.15, 0.2) is 60.7 Å². The standard InChI is InChI=1S/C20H22N2O/c23-19(22-14-11-18(22)16-7-3-1-4-8-16)21-15-20(12-13-20)17-9-5-2-6-10-17/h1-10,18H,11-15H2,(H,21,23)/t18-/m1/s1. The molecule has 23 heavy (non-hydrogen) atoms. The number of benzene rings is 2. The number of likely N-dealkylation sites (tertiary alicyclic amines) is 1. The molecule has 2 aliphatic rings. The quantitative estimate of drug-likeness (QED) is 0.913. The van der Waals surface area contributed by atoms with Crippen molar-refractivity contribution in [3.8, 4) is 0 Å². The molecule has 118 valence electrons. The highest BCUT2D eigenvalue weighted by Gasteiger charge is 2.45. The molecule has 0 radical (unpaired) electrons. The van der Waals surface area contributed by atoms with Crippen molar-refractivity contribution < 1.29 is 4.79 Å². The smallest absolute Gasteiger partial charge is 0.317 e. The third-order valence-electron chi connectivity index (χ3n) is 5.28. The van der Waals surface area contributed by atoms with E-state index in [-0.39, 0.29) is 17.5 Å². The fraction of sp³-hybridized carbons (Fsp3) is 0.350. The largest absolute Gasteiger partial charge is 0.337 e. The van der Waals surface area contributed by atoms with Crippen LogP contribution in [0, 0.1) is 0 Å². The summed E-state index contributed by atoms with van der Waals surface area (Å²) >= 11 is 0. The van der Waals surface area contributed by atoms with E-state index in [0.29, 0.717) is 0 Å². The van der Waals surface area contributed by atoms with E-state index in [9.17, 15) is 4.79 Å². The van der Waals surface area contributed by atoms with E-state index in [1.165, 1.54) is 24.0 Å². The number of hydrogen-bond donors (Lipinski definition) is 1. The predicted octanol–water partition coefficient (Wildman–Crippen LogP) is 3.87. The van der Waals surface area contributed by atoms with Gasteiger partial charge in [-0.05, 0) is 30.4 Å². The summed E-state index contributed by atoms with van der Waals surface area (Å²) in [5.41, 5.74) is 2.76. The maximum absolute atomic E-state index is 12.5. The molecule has 3 nitrogen and oxygen atoms in total. The highest BCUT2D eigenvalue weighted by Crippen LogP contribution is 2.47. The Hall–Kier alpha value is -2.29. The summed E-state index contributed by atoms with van der Waals surface area (Å²) in [6.45, 7) is 1.59. The zero-order chi connectivity index (χ0) is 15.7. The molecular weight excluding hydrogens is 284 g/mol. The summed E-state index contributed by atoms with van der Waals surface area (Å²) < 4.78 is 0. The molecule has 0 spiro atoms. The Bertz CT molecular complexity index is 679. The van der Waals surface area contributed by atoms with Gasteiger partial charge in [-0.1, -0.05) is 60.7 Å². The van der Waals surface area contributed by atoms with E-state index in [0.717, 1.165) is 19.5 Å². The first-order chi connectivity index (χ1) is 11.3. The van der Waals surface area contributed by atoms with Crippen LogP contribution in [-0.4, -0.2) is 24.0 Å². The molecule has 2 fully saturated rings. The van der Waals surface area contributed by atoms with Crippen LogP contribution < -0.4 is 5.32 Å². The number of amides is 2. The van der Waals surface area contributed by atoms with Gasteiger partial charge in [-0.3, -0.25) is 0 Å². The van der Waals surface area contributed by atoms with Crippen LogP contribution in [-0.2, 0) is 5.41 Å². The van der Waals surface area contributed by atoms with Gasteiger partial charge in [-0.2, -0.15) is 0 Å². The second-order valence-electron chi connectivity index (χ2n) is 6.71. The van der Waals surface area contributed by atoms with Gasteiger partial charge in [-0.15, -0.1) is 0 Å². The molecule has 1 saturated heterocycles. The second kappa shape index (κ2) is 5.73. The van der Waals surface area contributed by atoms with Gasteiger partial charge in [-0.25, -0.2) is 4.79 Å². The molecule has 1 aliphatic carbocycles. The molecule has 2 amide bonds. The Morgan fingerprint density at radius 2 is 1.70 bits per heavy atom. The molecule has 1 aliphatic heterocycles. The van der Waals surface area contributed by atoms with E-state index in [2.05, 4.69) is 41.7 Å². The lowest BCUT2D eigenvalue weighted by Gasteiger charge is -2.41. The van der Waals surface area contributed by atoms with Gasteiger partial charge in [0, 0.05) is 18.5 Å². The molecule has 0 aromatic heterocycles. The summed E-state index contributed by atoms with van der Waals surface area (Å²) in [4.78, 5) is 14.5. The van der Waals surface area contributed by atoms with E-state index >= 15 is 0 Å². The number of urea groups is 1. The highest BCUT2D eigenvalue weighted by atomic mass is 16.2. The Balaban J connectivity index is 1.38. The molecule has 0 bridgehead atoms. The van der Waals surface area contributed by atoms with Crippen molar-refractivity contribution in [3.63, 3.8) is 0 Å². The molecule has 4 rings (SSSR count). The van der Waals surface area contributed by atoms with Crippen LogP contribution in [0.4, 0.5) is 4.79 Å². The van der Waals surface area contributed by atoms with Gasteiger partial charge in [0.2, 0.25) is 0 Å². The average molecular weight is 306 g/mol. The summed E-state index contributed by atoms with van der Waals surface area (Å²) in [6, 6.07) is 21.2. The van der Waals surface area contributed by atoms with Crippen LogP contribution in [0.25, 0.3) is 0 Å².